The molecule has 3 aliphatic heterocycles. The van der Waals surface area contributed by atoms with Gasteiger partial charge in [-0.05, 0) is 43.9 Å². The Morgan fingerprint density at radius 2 is 2.17 bits per heavy atom. The highest BCUT2D eigenvalue weighted by Gasteiger charge is 2.51. The molecule has 2 aromatic rings. The lowest BCUT2D eigenvalue weighted by molar-refractivity contribution is -0.120. The maximum absolute atomic E-state index is 14.0. The molecule has 0 radical (unpaired) electrons. The molecule has 1 aromatic carbocycles. The molecule has 4 heterocycles. The van der Waals surface area contributed by atoms with Crippen LogP contribution in [0.15, 0.2) is 27.7 Å². The smallest absolute Gasteiger partial charge is 0.254 e. The van der Waals surface area contributed by atoms with Gasteiger partial charge in [0.1, 0.15) is 17.5 Å². The van der Waals surface area contributed by atoms with E-state index < -0.39 is 23.5 Å². The van der Waals surface area contributed by atoms with Crippen LogP contribution in [0.3, 0.4) is 0 Å². The molecule has 156 valence electrons. The summed E-state index contributed by atoms with van der Waals surface area (Å²) in [5, 5.41) is 14.1. The van der Waals surface area contributed by atoms with E-state index in [1.807, 2.05) is 0 Å². The van der Waals surface area contributed by atoms with E-state index >= 15 is 0 Å². The number of carbonyl (C=O) groups excluding carboxylic acids is 1. The Kier molecular flexibility index (Phi) is 3.79. The van der Waals surface area contributed by atoms with Crippen LogP contribution < -0.4 is 9.80 Å². The Hall–Kier alpha value is -2.85. The summed E-state index contributed by atoms with van der Waals surface area (Å²) >= 11 is 0. The van der Waals surface area contributed by atoms with Gasteiger partial charge in [0.2, 0.25) is 5.82 Å². The largest absolute Gasteiger partial charge is 0.382 e. The molecule has 4 aliphatic rings. The third-order valence-corrected chi connectivity index (χ3v) is 6.22. The van der Waals surface area contributed by atoms with Crippen LogP contribution in [-0.2, 0) is 15.1 Å². The average Bonchev–Trinajstić information content (AvgIpc) is 3.21. The molecule has 30 heavy (non-hydrogen) atoms. The Labute approximate surface area is 171 Å². The number of aliphatic hydroxyl groups is 1. The number of aromatic nitrogens is 2. The van der Waals surface area contributed by atoms with Crippen LogP contribution in [0.25, 0.3) is 0 Å². The number of halogens is 1. The van der Waals surface area contributed by atoms with Gasteiger partial charge in [0.25, 0.3) is 11.8 Å². The standard InChI is InChI=1S/C20H20FN5O4/c21-11-3-4-13-14(8-11)25(9-12-2-1-7-29-12)18(27)16-15(22-10-26(13)16)17-23-19(24-30-17)20(28)5-6-20/h3-4,8,10,12,15-16,28H,1-2,5-7,9H2. The third-order valence-electron chi connectivity index (χ3n) is 6.22. The van der Waals surface area contributed by atoms with Crippen LogP contribution in [0.4, 0.5) is 15.8 Å². The number of aliphatic imine (C=N–C) groups is 1. The zero-order chi connectivity index (χ0) is 20.5. The molecular weight excluding hydrogens is 393 g/mol. The van der Waals surface area contributed by atoms with E-state index in [0.29, 0.717) is 37.4 Å². The number of carbonyl (C=O) groups is 1. The second-order valence-electron chi connectivity index (χ2n) is 8.27. The first-order valence-corrected chi connectivity index (χ1v) is 10.1. The van der Waals surface area contributed by atoms with Gasteiger partial charge in [-0.2, -0.15) is 4.98 Å². The fraction of sp³-hybridized carbons (Fsp3) is 0.500. The quantitative estimate of drug-likeness (QED) is 0.813. The Morgan fingerprint density at radius 3 is 2.93 bits per heavy atom. The minimum atomic E-state index is -1.03. The van der Waals surface area contributed by atoms with Crippen molar-refractivity contribution in [1.82, 2.24) is 10.1 Å². The van der Waals surface area contributed by atoms with Crippen molar-refractivity contribution in [2.24, 2.45) is 4.99 Å². The number of ether oxygens (including phenoxy) is 1. The van der Waals surface area contributed by atoms with Gasteiger partial charge in [-0.25, -0.2) is 4.39 Å². The lowest BCUT2D eigenvalue weighted by atomic mass is 10.0. The van der Waals surface area contributed by atoms with Crippen molar-refractivity contribution in [3.8, 4) is 0 Å². The maximum atomic E-state index is 14.0. The summed E-state index contributed by atoms with van der Waals surface area (Å²) in [7, 11) is 0. The number of anilines is 2. The van der Waals surface area contributed by atoms with E-state index in [0.717, 1.165) is 12.8 Å². The first kappa shape index (κ1) is 18.0. The van der Waals surface area contributed by atoms with Crippen molar-refractivity contribution in [3.05, 3.63) is 35.7 Å². The second kappa shape index (κ2) is 6.32. The highest BCUT2D eigenvalue weighted by atomic mass is 19.1. The number of fused-ring (bicyclic) bond motifs is 3. The molecule has 1 N–H and O–H groups in total. The van der Waals surface area contributed by atoms with Crippen molar-refractivity contribution in [1.29, 1.82) is 0 Å². The highest BCUT2D eigenvalue weighted by molar-refractivity contribution is 6.11. The van der Waals surface area contributed by atoms with Crippen LogP contribution in [0, 0.1) is 5.82 Å². The topological polar surface area (TPSA) is 104 Å². The van der Waals surface area contributed by atoms with Crippen LogP contribution in [-0.4, -0.2) is 52.8 Å². The zero-order valence-electron chi connectivity index (χ0n) is 16.1. The van der Waals surface area contributed by atoms with Crippen molar-refractivity contribution in [3.63, 3.8) is 0 Å². The molecule has 0 bridgehead atoms. The zero-order valence-corrected chi connectivity index (χ0v) is 16.1. The molecule has 3 unspecified atom stereocenters. The van der Waals surface area contributed by atoms with Crippen LogP contribution in [0.2, 0.25) is 0 Å². The van der Waals surface area contributed by atoms with Crippen LogP contribution >= 0.6 is 0 Å². The molecule has 10 heteroatoms. The monoisotopic (exact) mass is 413 g/mol. The van der Waals surface area contributed by atoms with Crippen molar-refractivity contribution >= 4 is 23.6 Å². The molecule has 1 amide bonds. The molecule has 1 saturated heterocycles. The molecule has 6 rings (SSSR count). The normalized spacial score (nSPS) is 28.7. The molecule has 9 nitrogen and oxygen atoms in total. The van der Waals surface area contributed by atoms with E-state index in [-0.39, 0.29) is 23.7 Å². The lowest BCUT2D eigenvalue weighted by Gasteiger charge is -2.39. The number of hydrogen-bond donors (Lipinski definition) is 1. The number of rotatable bonds is 4. The fourth-order valence-corrected chi connectivity index (χ4v) is 4.39. The molecule has 1 aliphatic carbocycles. The number of benzene rings is 1. The minimum absolute atomic E-state index is 0.0866. The van der Waals surface area contributed by atoms with Gasteiger partial charge in [0.15, 0.2) is 6.04 Å². The molecule has 1 saturated carbocycles. The minimum Gasteiger partial charge on any atom is -0.382 e. The molecule has 3 atom stereocenters. The van der Waals surface area contributed by atoms with E-state index in [1.54, 1.807) is 22.2 Å². The van der Waals surface area contributed by atoms with E-state index in [1.165, 1.54) is 12.1 Å². The number of hydrogen-bond acceptors (Lipinski definition) is 8. The van der Waals surface area contributed by atoms with Crippen molar-refractivity contribution in [2.75, 3.05) is 23.0 Å². The molecular formula is C20H20FN5O4. The van der Waals surface area contributed by atoms with Gasteiger partial charge in [0.05, 0.1) is 30.4 Å². The highest BCUT2D eigenvalue weighted by Crippen LogP contribution is 2.46. The first-order chi connectivity index (χ1) is 14.5. The first-order valence-electron chi connectivity index (χ1n) is 10.1. The Morgan fingerprint density at radius 1 is 1.30 bits per heavy atom. The number of nitrogens with zero attached hydrogens (tertiary/aromatic N) is 5. The predicted octanol–water partition coefficient (Wildman–Crippen LogP) is 1.67. The van der Waals surface area contributed by atoms with Crippen molar-refractivity contribution < 1.29 is 23.6 Å². The summed E-state index contributed by atoms with van der Waals surface area (Å²) in [5.74, 6) is -0.224. The predicted molar refractivity (Wildman–Crippen MR) is 103 cm³/mol. The van der Waals surface area contributed by atoms with E-state index in [4.69, 9.17) is 9.26 Å². The number of amides is 1. The summed E-state index contributed by atoms with van der Waals surface area (Å²) in [4.78, 5) is 25.6. The Balaban J connectivity index is 1.37. The van der Waals surface area contributed by atoms with Gasteiger partial charge in [-0.1, -0.05) is 5.16 Å². The van der Waals surface area contributed by atoms with Gasteiger partial charge in [0, 0.05) is 6.61 Å². The van der Waals surface area contributed by atoms with Gasteiger partial charge >= 0.3 is 0 Å². The van der Waals surface area contributed by atoms with Crippen molar-refractivity contribution in [2.45, 2.75) is 49.5 Å². The van der Waals surface area contributed by atoms with Gasteiger partial charge < -0.3 is 24.2 Å². The SMILES string of the molecule is O=C1C2C(c3nc(C4(O)CC4)no3)N=CN2c2ccc(F)cc2N1CC1CCCO1. The van der Waals surface area contributed by atoms with E-state index in [9.17, 15) is 14.3 Å². The summed E-state index contributed by atoms with van der Waals surface area (Å²) < 4.78 is 25.1. The second-order valence-corrected chi connectivity index (χ2v) is 8.27. The summed E-state index contributed by atoms with van der Waals surface area (Å²) in [6.07, 6.45) is 4.44. The van der Waals surface area contributed by atoms with Crippen LogP contribution in [0.1, 0.15) is 43.4 Å². The summed E-state index contributed by atoms with van der Waals surface area (Å²) in [6, 6.07) is 2.96. The van der Waals surface area contributed by atoms with Gasteiger partial charge in [-0.3, -0.25) is 9.79 Å². The molecule has 2 fully saturated rings. The average molecular weight is 413 g/mol. The summed E-state index contributed by atoms with van der Waals surface area (Å²) in [6.45, 7) is 1.01. The Bertz CT molecular complexity index is 1050. The summed E-state index contributed by atoms with van der Waals surface area (Å²) in [5.41, 5.74) is 0.152. The fourth-order valence-electron chi connectivity index (χ4n) is 4.39. The molecule has 1 aromatic heterocycles. The third kappa shape index (κ3) is 2.67. The van der Waals surface area contributed by atoms with Gasteiger partial charge in [-0.15, -0.1) is 0 Å². The van der Waals surface area contributed by atoms with Crippen LogP contribution in [0.5, 0.6) is 0 Å². The maximum Gasteiger partial charge on any atom is 0.254 e. The molecule has 0 spiro atoms. The lowest BCUT2D eigenvalue weighted by Crippen LogP contribution is -2.54. The van der Waals surface area contributed by atoms with E-state index in [2.05, 4.69) is 15.1 Å².